The van der Waals surface area contributed by atoms with E-state index in [0.717, 1.165) is 13.0 Å². The standard InChI is InChI=1S/C10H10F3NO5S/c1-6-3-4-8(5-9(6)14(15)16)7(2)19-20(17,18)10(11,12)13/h3-5,7H,1-2H3. The summed E-state index contributed by atoms with van der Waals surface area (Å²) in [5.41, 5.74) is -5.63. The molecule has 0 saturated carbocycles. The fourth-order valence-electron chi connectivity index (χ4n) is 1.38. The Hall–Kier alpha value is -1.68. The molecule has 6 nitrogen and oxygen atoms in total. The van der Waals surface area contributed by atoms with Gasteiger partial charge in [0.2, 0.25) is 0 Å². The van der Waals surface area contributed by atoms with Crippen LogP contribution in [0.5, 0.6) is 0 Å². The molecule has 0 saturated heterocycles. The Morgan fingerprint density at radius 2 is 1.90 bits per heavy atom. The highest BCUT2D eigenvalue weighted by Gasteiger charge is 2.48. The Bertz CT molecular complexity index is 626. The van der Waals surface area contributed by atoms with Crippen LogP contribution in [-0.2, 0) is 14.3 Å². The lowest BCUT2D eigenvalue weighted by Crippen LogP contribution is -2.26. The number of aryl methyl sites for hydroxylation is 1. The summed E-state index contributed by atoms with van der Waals surface area (Å²) in [4.78, 5) is 9.99. The van der Waals surface area contributed by atoms with Crippen molar-refractivity contribution in [3.05, 3.63) is 39.4 Å². The molecule has 0 N–H and O–H groups in total. The zero-order valence-corrected chi connectivity index (χ0v) is 11.2. The first-order valence-electron chi connectivity index (χ1n) is 5.20. The predicted molar refractivity (Wildman–Crippen MR) is 62.3 cm³/mol. The molecule has 1 rings (SSSR count). The molecule has 0 radical (unpaired) electrons. The molecule has 0 aliphatic heterocycles. The fourth-order valence-corrected chi connectivity index (χ4v) is 1.98. The molecule has 0 aromatic heterocycles. The molecule has 0 aliphatic rings. The van der Waals surface area contributed by atoms with Gasteiger partial charge >= 0.3 is 15.6 Å². The number of nitro benzene ring substituents is 1. The monoisotopic (exact) mass is 313 g/mol. The van der Waals surface area contributed by atoms with Crippen molar-refractivity contribution in [3.63, 3.8) is 0 Å². The minimum atomic E-state index is -5.76. The average molecular weight is 313 g/mol. The van der Waals surface area contributed by atoms with Gasteiger partial charge in [-0.3, -0.25) is 14.3 Å². The highest BCUT2D eigenvalue weighted by molar-refractivity contribution is 7.87. The Morgan fingerprint density at radius 1 is 1.35 bits per heavy atom. The van der Waals surface area contributed by atoms with E-state index in [2.05, 4.69) is 4.18 Å². The molecule has 0 spiro atoms. The molecule has 0 fully saturated rings. The summed E-state index contributed by atoms with van der Waals surface area (Å²) in [5, 5.41) is 10.7. The summed E-state index contributed by atoms with van der Waals surface area (Å²) < 4.78 is 62.1. The highest BCUT2D eigenvalue weighted by atomic mass is 32.2. The van der Waals surface area contributed by atoms with Crippen molar-refractivity contribution in [1.29, 1.82) is 0 Å². The summed E-state index contributed by atoms with van der Waals surface area (Å²) >= 11 is 0. The first-order valence-corrected chi connectivity index (χ1v) is 6.61. The summed E-state index contributed by atoms with van der Waals surface area (Å²) in [6.45, 7) is 2.50. The predicted octanol–water partition coefficient (Wildman–Crippen LogP) is 2.83. The van der Waals surface area contributed by atoms with E-state index in [1.165, 1.54) is 19.1 Å². The maximum atomic E-state index is 12.2. The van der Waals surface area contributed by atoms with Crippen LogP contribution in [0.2, 0.25) is 0 Å². The van der Waals surface area contributed by atoms with E-state index in [1.807, 2.05) is 0 Å². The van der Waals surface area contributed by atoms with Crippen LogP contribution in [0, 0.1) is 17.0 Å². The topological polar surface area (TPSA) is 86.5 Å². The normalized spacial score (nSPS) is 14.1. The molecule has 112 valence electrons. The second-order valence-corrected chi connectivity index (χ2v) is 5.50. The van der Waals surface area contributed by atoms with E-state index < -0.39 is 26.7 Å². The number of alkyl halides is 3. The number of rotatable bonds is 4. The van der Waals surface area contributed by atoms with Crippen molar-refractivity contribution in [2.45, 2.75) is 25.5 Å². The third-order valence-corrected chi connectivity index (χ3v) is 3.56. The smallest absolute Gasteiger partial charge is 0.258 e. The summed E-state index contributed by atoms with van der Waals surface area (Å²) in [5.74, 6) is 0. The zero-order chi connectivity index (χ0) is 15.7. The number of hydrogen-bond donors (Lipinski definition) is 0. The van der Waals surface area contributed by atoms with Crippen LogP contribution < -0.4 is 0 Å². The van der Waals surface area contributed by atoms with Gasteiger partial charge in [-0.05, 0) is 19.4 Å². The van der Waals surface area contributed by atoms with Crippen LogP contribution in [0.15, 0.2) is 18.2 Å². The van der Waals surface area contributed by atoms with E-state index >= 15 is 0 Å². The van der Waals surface area contributed by atoms with Gasteiger partial charge < -0.3 is 0 Å². The van der Waals surface area contributed by atoms with Crippen LogP contribution in [0.1, 0.15) is 24.2 Å². The van der Waals surface area contributed by atoms with Gasteiger partial charge in [0, 0.05) is 11.6 Å². The van der Waals surface area contributed by atoms with E-state index in [4.69, 9.17) is 0 Å². The van der Waals surface area contributed by atoms with Crippen molar-refractivity contribution in [2.24, 2.45) is 0 Å². The molecule has 0 aliphatic carbocycles. The van der Waals surface area contributed by atoms with Crippen molar-refractivity contribution < 1.29 is 30.7 Å². The molecule has 1 aromatic rings. The molecule has 1 unspecified atom stereocenters. The van der Waals surface area contributed by atoms with Gasteiger partial charge in [0.05, 0.1) is 11.0 Å². The fraction of sp³-hybridized carbons (Fsp3) is 0.400. The van der Waals surface area contributed by atoms with Gasteiger partial charge in [0.1, 0.15) is 0 Å². The number of nitrogens with zero attached hydrogens (tertiary/aromatic N) is 1. The lowest BCUT2D eigenvalue weighted by molar-refractivity contribution is -0.385. The van der Waals surface area contributed by atoms with Gasteiger partial charge in [-0.25, -0.2) is 0 Å². The molecule has 1 aromatic carbocycles. The van der Waals surface area contributed by atoms with Crippen molar-refractivity contribution >= 4 is 15.8 Å². The number of hydrogen-bond acceptors (Lipinski definition) is 5. The van der Waals surface area contributed by atoms with Crippen LogP contribution in [0.3, 0.4) is 0 Å². The van der Waals surface area contributed by atoms with Gasteiger partial charge in [0.15, 0.2) is 0 Å². The molecule has 0 amide bonds. The number of nitro groups is 1. The van der Waals surface area contributed by atoms with Crippen LogP contribution in [0.25, 0.3) is 0 Å². The average Bonchev–Trinajstić information content (AvgIpc) is 2.26. The minimum Gasteiger partial charge on any atom is -0.258 e. The Labute approximate surface area is 112 Å². The van der Waals surface area contributed by atoms with Crippen molar-refractivity contribution in [1.82, 2.24) is 0 Å². The molecule has 1 atom stereocenters. The highest BCUT2D eigenvalue weighted by Crippen LogP contribution is 2.31. The Morgan fingerprint density at radius 3 is 2.35 bits per heavy atom. The maximum absolute atomic E-state index is 12.2. The first kappa shape index (κ1) is 16.4. The lowest BCUT2D eigenvalue weighted by atomic mass is 10.1. The van der Waals surface area contributed by atoms with Crippen LogP contribution in [-0.4, -0.2) is 18.8 Å². The van der Waals surface area contributed by atoms with Gasteiger partial charge in [0.25, 0.3) is 5.69 Å². The van der Waals surface area contributed by atoms with E-state index in [1.54, 1.807) is 0 Å². The van der Waals surface area contributed by atoms with Gasteiger partial charge in [-0.2, -0.15) is 21.6 Å². The van der Waals surface area contributed by atoms with Crippen molar-refractivity contribution in [3.8, 4) is 0 Å². The third-order valence-electron chi connectivity index (χ3n) is 2.45. The maximum Gasteiger partial charge on any atom is 0.523 e. The third kappa shape index (κ3) is 3.45. The summed E-state index contributed by atoms with van der Waals surface area (Å²) in [7, 11) is -5.76. The van der Waals surface area contributed by atoms with Crippen LogP contribution >= 0.6 is 0 Å². The molecule has 0 heterocycles. The van der Waals surface area contributed by atoms with Crippen LogP contribution in [0.4, 0.5) is 18.9 Å². The molecule has 0 bridgehead atoms. The largest absolute Gasteiger partial charge is 0.523 e. The number of halogens is 3. The summed E-state index contributed by atoms with van der Waals surface area (Å²) in [6.07, 6.45) is -1.50. The molecular formula is C10H10F3NO5S. The summed E-state index contributed by atoms with van der Waals surface area (Å²) in [6, 6.07) is 3.54. The lowest BCUT2D eigenvalue weighted by Gasteiger charge is -2.15. The molecule has 10 heteroatoms. The van der Waals surface area contributed by atoms with Crippen molar-refractivity contribution in [2.75, 3.05) is 0 Å². The Balaban J connectivity index is 3.09. The van der Waals surface area contributed by atoms with E-state index in [9.17, 15) is 31.7 Å². The SMILES string of the molecule is Cc1ccc(C(C)OS(=O)(=O)C(F)(F)F)cc1[N+](=O)[O-]. The first-order chi connectivity index (χ1) is 8.95. The Kier molecular flexibility index (Phi) is 4.39. The molecule has 20 heavy (non-hydrogen) atoms. The quantitative estimate of drug-likeness (QED) is 0.369. The van der Waals surface area contributed by atoms with Gasteiger partial charge in [-0.1, -0.05) is 12.1 Å². The van der Waals surface area contributed by atoms with E-state index in [-0.39, 0.29) is 11.3 Å². The minimum absolute atomic E-state index is 0.0462. The van der Waals surface area contributed by atoms with E-state index in [0.29, 0.717) is 5.56 Å². The van der Waals surface area contributed by atoms with Gasteiger partial charge in [-0.15, -0.1) is 0 Å². The zero-order valence-electron chi connectivity index (χ0n) is 10.3. The number of benzene rings is 1. The molecular weight excluding hydrogens is 303 g/mol. The second kappa shape index (κ2) is 5.37. The second-order valence-electron chi connectivity index (χ2n) is 3.94.